The molecule has 0 saturated heterocycles. The molecule has 108 valence electrons. The fourth-order valence-electron chi connectivity index (χ4n) is 2.57. The number of sulfonamides is 1. The number of rotatable bonds is 5. The minimum absolute atomic E-state index is 0.105. The summed E-state index contributed by atoms with van der Waals surface area (Å²) in [6.07, 6.45) is 5.97. The van der Waals surface area contributed by atoms with E-state index in [2.05, 4.69) is 0 Å². The van der Waals surface area contributed by atoms with Crippen LogP contribution in [0.3, 0.4) is 0 Å². The fraction of sp³-hybridized carbons (Fsp3) is 0.692. The quantitative estimate of drug-likeness (QED) is 0.909. The monoisotopic (exact) mass is 303 g/mol. The number of aliphatic hydroxyl groups excluding tert-OH is 1. The summed E-state index contributed by atoms with van der Waals surface area (Å²) in [4.78, 5) is 0.685. The molecule has 4 nitrogen and oxygen atoms in total. The van der Waals surface area contributed by atoms with E-state index in [-0.39, 0.29) is 6.61 Å². The van der Waals surface area contributed by atoms with E-state index in [4.69, 9.17) is 5.11 Å². The van der Waals surface area contributed by atoms with Gasteiger partial charge >= 0.3 is 0 Å². The maximum Gasteiger partial charge on any atom is 0.252 e. The number of nitrogens with zero attached hydrogens (tertiary/aromatic N) is 1. The van der Waals surface area contributed by atoms with Crippen molar-refractivity contribution in [2.75, 3.05) is 13.6 Å². The highest BCUT2D eigenvalue weighted by Crippen LogP contribution is 2.28. The Morgan fingerprint density at radius 2 is 2.00 bits per heavy atom. The van der Waals surface area contributed by atoms with E-state index in [9.17, 15) is 8.42 Å². The Hall–Kier alpha value is -0.430. The number of hydrogen-bond acceptors (Lipinski definition) is 4. The number of aliphatic hydroxyl groups is 1. The summed E-state index contributed by atoms with van der Waals surface area (Å²) in [5, 5.41) is 9.02. The lowest BCUT2D eigenvalue weighted by Gasteiger charge is -2.26. The lowest BCUT2D eigenvalue weighted by molar-refractivity contribution is 0.285. The molecule has 19 heavy (non-hydrogen) atoms. The van der Waals surface area contributed by atoms with Gasteiger partial charge in [-0.2, -0.15) is 4.31 Å². The van der Waals surface area contributed by atoms with Crippen LogP contribution in [-0.2, 0) is 16.6 Å². The molecule has 0 radical (unpaired) electrons. The highest BCUT2D eigenvalue weighted by Gasteiger charge is 2.26. The molecule has 1 aliphatic carbocycles. The molecular formula is C13H21NO3S2. The van der Waals surface area contributed by atoms with E-state index in [1.165, 1.54) is 23.6 Å². The topological polar surface area (TPSA) is 57.6 Å². The van der Waals surface area contributed by atoms with E-state index >= 15 is 0 Å². The van der Waals surface area contributed by atoms with Crippen LogP contribution in [0.5, 0.6) is 0 Å². The largest absolute Gasteiger partial charge is 0.391 e. The molecule has 0 unspecified atom stereocenters. The molecule has 6 heteroatoms. The third-order valence-electron chi connectivity index (χ3n) is 3.70. The second kappa shape index (κ2) is 6.35. The lowest BCUT2D eigenvalue weighted by Crippen LogP contribution is -2.32. The second-order valence-corrected chi connectivity index (χ2v) is 8.61. The average molecular weight is 303 g/mol. The normalized spacial score (nSPS) is 18.1. The molecule has 0 bridgehead atoms. The minimum Gasteiger partial charge on any atom is -0.391 e. The third-order valence-corrected chi connectivity index (χ3v) is 7.06. The zero-order chi connectivity index (χ0) is 13.9. The van der Waals surface area contributed by atoms with Crippen molar-refractivity contribution in [1.82, 2.24) is 4.31 Å². The first-order valence-electron chi connectivity index (χ1n) is 6.70. The van der Waals surface area contributed by atoms with Crippen LogP contribution in [0.4, 0.5) is 0 Å². The first kappa shape index (κ1) is 15.0. The Balaban J connectivity index is 2.05. The van der Waals surface area contributed by atoms with Crippen molar-refractivity contribution < 1.29 is 13.5 Å². The van der Waals surface area contributed by atoms with Crippen molar-refractivity contribution in [2.24, 2.45) is 5.92 Å². The fourth-order valence-corrected chi connectivity index (χ4v) is 5.24. The summed E-state index contributed by atoms with van der Waals surface area (Å²) in [6.45, 7) is 0.501. The average Bonchev–Trinajstić information content (AvgIpc) is 2.89. The molecule has 1 aliphatic rings. The van der Waals surface area contributed by atoms with Gasteiger partial charge in [0.25, 0.3) is 10.0 Å². The van der Waals surface area contributed by atoms with E-state index in [0.29, 0.717) is 21.5 Å². The minimum atomic E-state index is -3.39. The molecule has 1 N–H and O–H groups in total. The van der Waals surface area contributed by atoms with Crippen LogP contribution >= 0.6 is 11.3 Å². The van der Waals surface area contributed by atoms with E-state index in [1.54, 1.807) is 19.2 Å². The summed E-state index contributed by atoms with van der Waals surface area (Å²) in [5.74, 6) is 0.491. The Morgan fingerprint density at radius 3 is 2.58 bits per heavy atom. The molecule has 1 aromatic heterocycles. The van der Waals surface area contributed by atoms with Gasteiger partial charge in [-0.15, -0.1) is 11.3 Å². The first-order chi connectivity index (χ1) is 9.04. The molecule has 1 heterocycles. The van der Waals surface area contributed by atoms with Crippen molar-refractivity contribution in [3.8, 4) is 0 Å². The lowest BCUT2D eigenvalue weighted by atomic mass is 9.89. The summed E-state index contributed by atoms with van der Waals surface area (Å²) in [5.41, 5.74) is 0. The maximum atomic E-state index is 12.4. The molecule has 0 aliphatic heterocycles. The third kappa shape index (κ3) is 3.56. The zero-order valence-electron chi connectivity index (χ0n) is 11.2. The summed E-state index contributed by atoms with van der Waals surface area (Å²) >= 11 is 1.15. The summed E-state index contributed by atoms with van der Waals surface area (Å²) < 4.78 is 26.6. The van der Waals surface area contributed by atoms with E-state index < -0.39 is 10.0 Å². The van der Waals surface area contributed by atoms with Crippen LogP contribution in [0.1, 0.15) is 37.0 Å². The molecule has 0 aromatic carbocycles. The van der Waals surface area contributed by atoms with Gasteiger partial charge < -0.3 is 5.11 Å². The molecule has 0 amide bonds. The molecule has 2 rings (SSSR count). The summed E-state index contributed by atoms with van der Waals surface area (Å²) in [7, 11) is -1.73. The predicted molar refractivity (Wildman–Crippen MR) is 76.6 cm³/mol. The van der Waals surface area contributed by atoms with Crippen molar-refractivity contribution in [1.29, 1.82) is 0 Å². The van der Waals surface area contributed by atoms with E-state index in [1.807, 2.05) is 0 Å². The van der Waals surface area contributed by atoms with Gasteiger partial charge in [-0.05, 0) is 30.9 Å². The van der Waals surface area contributed by atoms with Crippen molar-refractivity contribution in [2.45, 2.75) is 42.9 Å². The van der Waals surface area contributed by atoms with Gasteiger partial charge in [0.2, 0.25) is 0 Å². The van der Waals surface area contributed by atoms with Gasteiger partial charge in [-0.3, -0.25) is 0 Å². The smallest absolute Gasteiger partial charge is 0.252 e. The van der Waals surface area contributed by atoms with Crippen LogP contribution in [0.15, 0.2) is 16.3 Å². The summed E-state index contributed by atoms with van der Waals surface area (Å²) in [6, 6.07) is 3.26. The van der Waals surface area contributed by atoms with Gasteiger partial charge in [0.1, 0.15) is 4.21 Å². The molecule has 0 atom stereocenters. The Bertz CT molecular complexity index is 504. The molecular weight excluding hydrogens is 282 g/mol. The molecule has 1 saturated carbocycles. The Kier molecular flexibility index (Phi) is 5.00. The molecule has 0 spiro atoms. The van der Waals surface area contributed by atoms with Crippen LogP contribution in [0, 0.1) is 5.92 Å². The molecule has 1 aromatic rings. The predicted octanol–water partition coefficient (Wildman–Crippen LogP) is 2.44. The van der Waals surface area contributed by atoms with E-state index in [0.717, 1.165) is 24.2 Å². The standard InChI is InChI=1S/C13H21NO3S2/c1-14(9-11-5-3-2-4-6-11)19(16,17)13-8-7-12(10-15)18-13/h7-8,11,15H,2-6,9-10H2,1H3. The van der Waals surface area contributed by atoms with Crippen LogP contribution in [0.25, 0.3) is 0 Å². The van der Waals surface area contributed by atoms with Gasteiger partial charge in [0.05, 0.1) is 6.61 Å². The van der Waals surface area contributed by atoms with Gasteiger partial charge in [-0.25, -0.2) is 8.42 Å². The second-order valence-electron chi connectivity index (χ2n) is 5.17. The van der Waals surface area contributed by atoms with Gasteiger partial charge in [0, 0.05) is 18.5 Å². The Morgan fingerprint density at radius 1 is 1.32 bits per heavy atom. The van der Waals surface area contributed by atoms with Crippen LogP contribution in [0.2, 0.25) is 0 Å². The maximum absolute atomic E-state index is 12.4. The van der Waals surface area contributed by atoms with Gasteiger partial charge in [-0.1, -0.05) is 19.3 Å². The number of hydrogen-bond donors (Lipinski definition) is 1. The van der Waals surface area contributed by atoms with Crippen molar-refractivity contribution in [3.63, 3.8) is 0 Å². The SMILES string of the molecule is CN(CC1CCCCC1)S(=O)(=O)c1ccc(CO)s1. The van der Waals surface area contributed by atoms with Crippen LogP contribution in [-0.4, -0.2) is 31.4 Å². The Labute approximate surface area is 119 Å². The highest BCUT2D eigenvalue weighted by molar-refractivity contribution is 7.91. The first-order valence-corrected chi connectivity index (χ1v) is 8.95. The van der Waals surface area contributed by atoms with Gasteiger partial charge in [0.15, 0.2) is 0 Å². The number of thiophene rings is 1. The van der Waals surface area contributed by atoms with Crippen molar-refractivity contribution >= 4 is 21.4 Å². The molecule has 1 fully saturated rings. The zero-order valence-corrected chi connectivity index (χ0v) is 12.8. The highest BCUT2D eigenvalue weighted by atomic mass is 32.2. The van der Waals surface area contributed by atoms with Crippen LogP contribution < -0.4 is 0 Å². The van der Waals surface area contributed by atoms with Crippen molar-refractivity contribution in [3.05, 3.63) is 17.0 Å².